The van der Waals surface area contributed by atoms with Gasteiger partial charge in [-0.3, -0.25) is 14.3 Å². The van der Waals surface area contributed by atoms with E-state index in [0.717, 1.165) is 18.7 Å². The number of aromatic amines is 1. The summed E-state index contributed by atoms with van der Waals surface area (Å²) in [6.07, 6.45) is 6.74. The number of nitrogens with zero attached hydrogens (tertiary/aromatic N) is 3. The molecule has 0 fully saturated rings. The molecule has 1 N–H and O–H groups in total. The zero-order chi connectivity index (χ0) is 13.8. The first-order chi connectivity index (χ1) is 9.15. The second kappa shape index (κ2) is 5.69. The van der Waals surface area contributed by atoms with Gasteiger partial charge in [0.15, 0.2) is 0 Å². The maximum atomic E-state index is 11.8. The molecular formula is C13H18N4O2. The van der Waals surface area contributed by atoms with E-state index in [1.165, 1.54) is 4.57 Å². The van der Waals surface area contributed by atoms with Crippen molar-refractivity contribution in [2.45, 2.75) is 39.8 Å². The van der Waals surface area contributed by atoms with Crippen LogP contribution < -0.4 is 11.2 Å². The van der Waals surface area contributed by atoms with E-state index < -0.39 is 0 Å². The third-order valence-electron chi connectivity index (χ3n) is 3.06. The molecule has 0 radical (unpaired) electrons. The summed E-state index contributed by atoms with van der Waals surface area (Å²) in [5.41, 5.74) is 0.886. The molecule has 0 bridgehead atoms. The zero-order valence-corrected chi connectivity index (χ0v) is 11.2. The van der Waals surface area contributed by atoms with Gasteiger partial charge in [-0.15, -0.1) is 0 Å². The Morgan fingerprint density at radius 2 is 2.05 bits per heavy atom. The molecule has 19 heavy (non-hydrogen) atoms. The van der Waals surface area contributed by atoms with Gasteiger partial charge < -0.3 is 4.57 Å². The van der Waals surface area contributed by atoms with E-state index in [1.54, 1.807) is 18.7 Å². The Balaban J connectivity index is 2.35. The first kappa shape index (κ1) is 13.3. The lowest BCUT2D eigenvalue weighted by Crippen LogP contribution is -2.32. The van der Waals surface area contributed by atoms with Crippen LogP contribution in [0.3, 0.4) is 0 Å². The van der Waals surface area contributed by atoms with Gasteiger partial charge in [0, 0.05) is 24.5 Å². The van der Waals surface area contributed by atoms with Gasteiger partial charge in [-0.25, -0.2) is 9.78 Å². The molecule has 0 unspecified atom stereocenters. The van der Waals surface area contributed by atoms with Gasteiger partial charge in [-0.2, -0.15) is 0 Å². The zero-order valence-electron chi connectivity index (χ0n) is 11.2. The van der Waals surface area contributed by atoms with Crippen molar-refractivity contribution < 1.29 is 0 Å². The SMILES string of the molecule is CCCn1cncc1Cn1cc(CC)c(=O)[nH]c1=O. The Hall–Kier alpha value is -2.11. The van der Waals surface area contributed by atoms with Crippen molar-refractivity contribution in [2.24, 2.45) is 0 Å². The van der Waals surface area contributed by atoms with E-state index in [4.69, 9.17) is 0 Å². The molecule has 0 saturated carbocycles. The third-order valence-corrected chi connectivity index (χ3v) is 3.06. The number of hydrogen-bond donors (Lipinski definition) is 1. The van der Waals surface area contributed by atoms with Crippen LogP contribution >= 0.6 is 0 Å². The van der Waals surface area contributed by atoms with Crippen LogP contribution in [-0.4, -0.2) is 19.1 Å². The smallest absolute Gasteiger partial charge is 0.328 e. The number of hydrogen-bond acceptors (Lipinski definition) is 3. The van der Waals surface area contributed by atoms with E-state index >= 15 is 0 Å². The first-order valence-electron chi connectivity index (χ1n) is 6.47. The summed E-state index contributed by atoms with van der Waals surface area (Å²) in [5, 5.41) is 0. The number of nitrogens with one attached hydrogen (secondary N) is 1. The molecule has 6 nitrogen and oxygen atoms in total. The summed E-state index contributed by atoms with van der Waals surface area (Å²) in [5.74, 6) is 0. The molecule has 102 valence electrons. The summed E-state index contributed by atoms with van der Waals surface area (Å²) < 4.78 is 3.53. The van der Waals surface area contributed by atoms with Crippen LogP contribution in [-0.2, 0) is 19.5 Å². The normalized spacial score (nSPS) is 10.8. The maximum Gasteiger partial charge on any atom is 0.328 e. The lowest BCUT2D eigenvalue weighted by Gasteiger charge is -2.09. The van der Waals surface area contributed by atoms with Gasteiger partial charge in [0.2, 0.25) is 0 Å². The summed E-state index contributed by atoms with van der Waals surface area (Å²) in [6.45, 7) is 5.27. The largest absolute Gasteiger partial charge is 0.333 e. The highest BCUT2D eigenvalue weighted by molar-refractivity contribution is 5.06. The predicted molar refractivity (Wildman–Crippen MR) is 72.3 cm³/mol. The monoisotopic (exact) mass is 262 g/mol. The Kier molecular flexibility index (Phi) is 3.99. The van der Waals surface area contributed by atoms with Crippen LogP contribution in [0.15, 0.2) is 28.3 Å². The number of H-pyrrole nitrogens is 1. The molecule has 0 aliphatic rings. The fourth-order valence-electron chi connectivity index (χ4n) is 2.02. The number of aryl methyl sites for hydroxylation is 2. The summed E-state index contributed by atoms with van der Waals surface area (Å²) >= 11 is 0. The van der Waals surface area contributed by atoms with E-state index in [0.29, 0.717) is 18.5 Å². The number of imidazole rings is 1. The van der Waals surface area contributed by atoms with E-state index in [1.807, 2.05) is 11.5 Å². The lowest BCUT2D eigenvalue weighted by atomic mass is 10.2. The van der Waals surface area contributed by atoms with E-state index in [9.17, 15) is 9.59 Å². The lowest BCUT2D eigenvalue weighted by molar-refractivity contribution is 0.607. The fraction of sp³-hybridized carbons (Fsp3) is 0.462. The highest BCUT2D eigenvalue weighted by Crippen LogP contribution is 2.03. The van der Waals surface area contributed by atoms with Crippen LogP contribution in [0.4, 0.5) is 0 Å². The van der Waals surface area contributed by atoms with Gasteiger partial charge in [0.25, 0.3) is 5.56 Å². The summed E-state index contributed by atoms with van der Waals surface area (Å²) in [7, 11) is 0. The molecular weight excluding hydrogens is 244 g/mol. The van der Waals surface area contributed by atoms with Crippen molar-refractivity contribution in [2.75, 3.05) is 0 Å². The van der Waals surface area contributed by atoms with Crippen LogP contribution in [0, 0.1) is 0 Å². The highest BCUT2D eigenvalue weighted by Gasteiger charge is 2.06. The Labute approximate surface area is 110 Å². The molecule has 0 aliphatic carbocycles. The molecule has 0 spiro atoms. The molecule has 0 aromatic carbocycles. The second-order valence-electron chi connectivity index (χ2n) is 4.47. The molecule has 0 saturated heterocycles. The maximum absolute atomic E-state index is 11.8. The summed E-state index contributed by atoms with van der Waals surface area (Å²) in [4.78, 5) is 29.7. The minimum atomic E-state index is -0.383. The molecule has 2 aromatic heterocycles. The van der Waals surface area contributed by atoms with Crippen LogP contribution in [0.2, 0.25) is 0 Å². The van der Waals surface area contributed by atoms with E-state index in [-0.39, 0.29) is 11.2 Å². The molecule has 6 heteroatoms. The minimum absolute atomic E-state index is 0.300. The topological polar surface area (TPSA) is 72.7 Å². The van der Waals surface area contributed by atoms with Crippen molar-refractivity contribution in [1.29, 1.82) is 0 Å². The van der Waals surface area contributed by atoms with Crippen molar-refractivity contribution in [1.82, 2.24) is 19.1 Å². The molecule has 2 heterocycles. The standard InChI is InChI=1S/C13H18N4O2/c1-3-5-16-9-14-6-11(16)8-17-7-10(4-2)12(18)15-13(17)19/h6-7,9H,3-5,8H2,1-2H3,(H,15,18,19). The second-order valence-corrected chi connectivity index (χ2v) is 4.47. The highest BCUT2D eigenvalue weighted by atomic mass is 16.2. The summed E-state index contributed by atoms with van der Waals surface area (Å²) in [6, 6.07) is 0. The van der Waals surface area contributed by atoms with Crippen molar-refractivity contribution in [3.05, 3.63) is 50.8 Å². The Morgan fingerprint density at radius 3 is 2.74 bits per heavy atom. The van der Waals surface area contributed by atoms with Gasteiger partial charge in [-0.1, -0.05) is 13.8 Å². The molecule has 0 amide bonds. The van der Waals surface area contributed by atoms with Crippen molar-refractivity contribution >= 4 is 0 Å². The number of aromatic nitrogens is 4. The molecule has 2 aromatic rings. The molecule has 2 rings (SSSR count). The quantitative estimate of drug-likeness (QED) is 0.864. The first-order valence-corrected chi connectivity index (χ1v) is 6.47. The van der Waals surface area contributed by atoms with E-state index in [2.05, 4.69) is 16.9 Å². The van der Waals surface area contributed by atoms with Gasteiger partial charge in [-0.05, 0) is 12.8 Å². The average molecular weight is 262 g/mol. The molecule has 0 aliphatic heterocycles. The minimum Gasteiger partial charge on any atom is -0.333 e. The van der Waals surface area contributed by atoms with Gasteiger partial charge in [0.1, 0.15) is 0 Å². The van der Waals surface area contributed by atoms with Crippen LogP contribution in [0.5, 0.6) is 0 Å². The Bertz CT molecular complexity index is 666. The Morgan fingerprint density at radius 1 is 1.26 bits per heavy atom. The van der Waals surface area contributed by atoms with Crippen LogP contribution in [0.25, 0.3) is 0 Å². The van der Waals surface area contributed by atoms with Gasteiger partial charge >= 0.3 is 5.69 Å². The van der Waals surface area contributed by atoms with Crippen molar-refractivity contribution in [3.8, 4) is 0 Å². The van der Waals surface area contributed by atoms with Crippen molar-refractivity contribution in [3.63, 3.8) is 0 Å². The van der Waals surface area contributed by atoms with Gasteiger partial charge in [0.05, 0.1) is 18.6 Å². The third kappa shape index (κ3) is 2.83. The average Bonchev–Trinajstić information content (AvgIpc) is 2.80. The predicted octanol–water partition coefficient (Wildman–Crippen LogP) is 0.754. The molecule has 0 atom stereocenters. The fourth-order valence-corrected chi connectivity index (χ4v) is 2.02. The van der Waals surface area contributed by atoms with Crippen LogP contribution in [0.1, 0.15) is 31.5 Å². The number of rotatable bonds is 5.